The molecule has 0 unspecified atom stereocenters. The third-order valence-electron chi connectivity index (χ3n) is 3.55. The van der Waals surface area contributed by atoms with E-state index < -0.39 is 0 Å². The van der Waals surface area contributed by atoms with E-state index in [9.17, 15) is 9.59 Å². The van der Waals surface area contributed by atoms with Crippen molar-refractivity contribution in [2.75, 3.05) is 5.73 Å². The van der Waals surface area contributed by atoms with Crippen molar-refractivity contribution < 1.29 is 9.59 Å². The van der Waals surface area contributed by atoms with Crippen LogP contribution in [-0.4, -0.2) is 21.7 Å². The van der Waals surface area contributed by atoms with Crippen LogP contribution in [0.2, 0.25) is 0 Å². The lowest BCUT2D eigenvalue weighted by Gasteiger charge is -2.16. The van der Waals surface area contributed by atoms with Gasteiger partial charge in [-0.15, -0.1) is 0 Å². The van der Waals surface area contributed by atoms with Gasteiger partial charge >= 0.3 is 0 Å². The maximum absolute atomic E-state index is 12.2. The first-order valence-corrected chi connectivity index (χ1v) is 6.25. The average Bonchev–Trinajstić information content (AvgIpc) is 2.69. The summed E-state index contributed by atoms with van der Waals surface area (Å²) in [4.78, 5) is 29.7. The molecule has 0 bridgehead atoms. The summed E-state index contributed by atoms with van der Waals surface area (Å²) >= 11 is 0. The molecule has 1 aliphatic rings. The molecule has 20 heavy (non-hydrogen) atoms. The van der Waals surface area contributed by atoms with E-state index in [1.54, 1.807) is 18.2 Å². The Balaban J connectivity index is 1.96. The van der Waals surface area contributed by atoms with Gasteiger partial charge in [-0.2, -0.15) is 0 Å². The van der Waals surface area contributed by atoms with Gasteiger partial charge in [-0.1, -0.05) is 12.1 Å². The van der Waals surface area contributed by atoms with Crippen molar-refractivity contribution in [1.29, 1.82) is 0 Å². The van der Waals surface area contributed by atoms with Gasteiger partial charge in [0.05, 0.1) is 12.1 Å². The molecule has 5 nitrogen and oxygen atoms in total. The van der Waals surface area contributed by atoms with Gasteiger partial charge in [-0.3, -0.25) is 19.5 Å². The number of amides is 2. The number of imide groups is 1. The van der Waals surface area contributed by atoms with E-state index in [1.807, 2.05) is 19.1 Å². The minimum Gasteiger partial charge on any atom is -0.399 e. The largest absolute Gasteiger partial charge is 0.399 e. The Bertz CT molecular complexity index is 690. The van der Waals surface area contributed by atoms with Gasteiger partial charge in [0, 0.05) is 11.9 Å². The van der Waals surface area contributed by atoms with Crippen LogP contribution in [0.25, 0.3) is 0 Å². The molecule has 3 rings (SSSR count). The summed E-state index contributed by atoms with van der Waals surface area (Å²) in [6, 6.07) is 8.74. The second-order valence-corrected chi connectivity index (χ2v) is 4.73. The van der Waals surface area contributed by atoms with Gasteiger partial charge in [0.2, 0.25) is 0 Å². The van der Waals surface area contributed by atoms with Gasteiger partial charge in [0.1, 0.15) is 5.69 Å². The molecule has 2 N–H and O–H groups in total. The molecule has 0 saturated carbocycles. The number of hydrogen-bond acceptors (Lipinski definition) is 4. The standard InChI is InChI=1S/C15H13N3O2/c1-9-10(4-2-6-12(9)16)8-18-14(19)11-5-3-7-17-13(11)15(18)20/h2-7H,8,16H2,1H3. The minimum absolute atomic E-state index is 0.213. The van der Waals surface area contributed by atoms with Crippen LogP contribution in [0.1, 0.15) is 32.0 Å². The van der Waals surface area contributed by atoms with Crippen LogP contribution in [0, 0.1) is 6.92 Å². The summed E-state index contributed by atoms with van der Waals surface area (Å²) in [6.07, 6.45) is 1.51. The smallest absolute Gasteiger partial charge is 0.280 e. The van der Waals surface area contributed by atoms with Crippen LogP contribution < -0.4 is 5.73 Å². The van der Waals surface area contributed by atoms with Crippen LogP contribution in [0.5, 0.6) is 0 Å². The first-order valence-electron chi connectivity index (χ1n) is 6.25. The summed E-state index contributed by atoms with van der Waals surface area (Å²) in [5.74, 6) is -0.660. The molecule has 0 atom stereocenters. The summed E-state index contributed by atoms with van der Waals surface area (Å²) in [7, 11) is 0. The second kappa shape index (κ2) is 4.45. The van der Waals surface area contributed by atoms with Crippen molar-refractivity contribution in [2.24, 2.45) is 0 Å². The molecule has 100 valence electrons. The fourth-order valence-corrected chi connectivity index (χ4v) is 2.30. The first-order chi connectivity index (χ1) is 9.59. The van der Waals surface area contributed by atoms with E-state index in [0.717, 1.165) is 11.1 Å². The van der Waals surface area contributed by atoms with Crippen LogP contribution in [0.3, 0.4) is 0 Å². The summed E-state index contributed by atoms with van der Waals surface area (Å²) in [6.45, 7) is 2.09. The predicted molar refractivity (Wildman–Crippen MR) is 74.0 cm³/mol. The SMILES string of the molecule is Cc1c(N)cccc1CN1C(=O)c2cccnc2C1=O. The van der Waals surface area contributed by atoms with Crippen molar-refractivity contribution in [3.63, 3.8) is 0 Å². The van der Waals surface area contributed by atoms with E-state index in [-0.39, 0.29) is 24.1 Å². The first kappa shape index (κ1) is 12.3. The molecular weight excluding hydrogens is 254 g/mol. The molecule has 1 aromatic heterocycles. The number of aromatic nitrogens is 1. The van der Waals surface area contributed by atoms with Crippen LogP contribution in [-0.2, 0) is 6.54 Å². The highest BCUT2D eigenvalue weighted by Gasteiger charge is 2.36. The Hall–Kier alpha value is -2.69. The van der Waals surface area contributed by atoms with Crippen LogP contribution >= 0.6 is 0 Å². The average molecular weight is 267 g/mol. The molecule has 2 amide bonds. The lowest BCUT2D eigenvalue weighted by molar-refractivity contribution is 0.0640. The lowest BCUT2D eigenvalue weighted by Crippen LogP contribution is -2.29. The number of hydrogen-bond donors (Lipinski definition) is 1. The number of nitrogens with zero attached hydrogens (tertiary/aromatic N) is 2. The summed E-state index contributed by atoms with van der Waals surface area (Å²) in [5.41, 5.74) is 8.83. The number of carbonyl (C=O) groups is 2. The molecule has 2 heterocycles. The normalized spacial score (nSPS) is 13.8. The van der Waals surface area contributed by atoms with Crippen molar-refractivity contribution in [3.05, 3.63) is 58.9 Å². The number of nitrogens with two attached hydrogens (primary N) is 1. The van der Waals surface area contributed by atoms with Gasteiger partial charge in [0.25, 0.3) is 11.8 Å². The van der Waals surface area contributed by atoms with Gasteiger partial charge in [-0.25, -0.2) is 0 Å². The minimum atomic E-state index is -0.354. The fourth-order valence-electron chi connectivity index (χ4n) is 2.30. The number of rotatable bonds is 2. The molecule has 5 heteroatoms. The highest BCUT2D eigenvalue weighted by molar-refractivity contribution is 6.20. The van der Waals surface area contributed by atoms with E-state index in [1.165, 1.54) is 11.1 Å². The van der Waals surface area contributed by atoms with Gasteiger partial charge in [-0.05, 0) is 36.2 Å². The topological polar surface area (TPSA) is 76.3 Å². The van der Waals surface area contributed by atoms with E-state index >= 15 is 0 Å². The van der Waals surface area contributed by atoms with E-state index in [4.69, 9.17) is 5.73 Å². The maximum Gasteiger partial charge on any atom is 0.280 e. The Morgan fingerprint density at radius 3 is 2.70 bits per heavy atom. The number of anilines is 1. The second-order valence-electron chi connectivity index (χ2n) is 4.73. The zero-order valence-corrected chi connectivity index (χ0v) is 11.0. The number of pyridine rings is 1. The number of fused-ring (bicyclic) bond motifs is 1. The Morgan fingerprint density at radius 1 is 1.15 bits per heavy atom. The zero-order chi connectivity index (χ0) is 14.3. The molecule has 1 aliphatic heterocycles. The fraction of sp³-hybridized carbons (Fsp3) is 0.133. The monoisotopic (exact) mass is 267 g/mol. The quantitative estimate of drug-likeness (QED) is 0.664. The number of benzene rings is 1. The maximum atomic E-state index is 12.2. The Labute approximate surface area is 116 Å². The lowest BCUT2D eigenvalue weighted by atomic mass is 10.1. The molecule has 0 fully saturated rings. The van der Waals surface area contributed by atoms with Crippen molar-refractivity contribution in [2.45, 2.75) is 13.5 Å². The van der Waals surface area contributed by atoms with Crippen molar-refractivity contribution in [1.82, 2.24) is 9.88 Å². The summed E-state index contributed by atoms with van der Waals surface area (Å²) < 4.78 is 0. The van der Waals surface area contributed by atoms with Crippen LogP contribution in [0.4, 0.5) is 5.69 Å². The van der Waals surface area contributed by atoms with Gasteiger partial charge < -0.3 is 5.73 Å². The molecular formula is C15H13N3O2. The third kappa shape index (κ3) is 1.75. The molecule has 0 saturated heterocycles. The van der Waals surface area contributed by atoms with E-state index in [0.29, 0.717) is 11.3 Å². The summed E-state index contributed by atoms with van der Waals surface area (Å²) in [5, 5.41) is 0. The highest BCUT2D eigenvalue weighted by atomic mass is 16.2. The zero-order valence-electron chi connectivity index (χ0n) is 11.0. The molecule has 0 aliphatic carbocycles. The van der Waals surface area contributed by atoms with Crippen LogP contribution in [0.15, 0.2) is 36.5 Å². The molecule has 1 aromatic carbocycles. The number of nitrogen functional groups attached to an aromatic ring is 1. The predicted octanol–water partition coefficient (Wildman–Crippen LogP) is 1.77. The van der Waals surface area contributed by atoms with Gasteiger partial charge in [0.15, 0.2) is 0 Å². The molecule has 2 aromatic rings. The van der Waals surface area contributed by atoms with Crippen molar-refractivity contribution in [3.8, 4) is 0 Å². The third-order valence-corrected chi connectivity index (χ3v) is 3.55. The van der Waals surface area contributed by atoms with Crippen molar-refractivity contribution >= 4 is 17.5 Å². The Kier molecular flexibility index (Phi) is 2.75. The highest BCUT2D eigenvalue weighted by Crippen LogP contribution is 2.24. The molecule has 0 spiro atoms. The number of carbonyl (C=O) groups excluding carboxylic acids is 2. The Morgan fingerprint density at radius 2 is 1.95 bits per heavy atom. The van der Waals surface area contributed by atoms with E-state index in [2.05, 4.69) is 4.98 Å². The molecule has 0 radical (unpaired) electrons.